The standard InChI is InChI=1S/C21H24FN5O/c1-13-24-17-10-23-9-16(17)20(25-13)28-12-14-5-7-15(8-6-14)19-26-18(11-27(19)4)21(2,3)22/h5-8,11,23H,9-10,12H2,1-4H3. The van der Waals surface area contributed by atoms with Gasteiger partial charge < -0.3 is 14.6 Å². The second-order valence-electron chi connectivity index (χ2n) is 7.62. The summed E-state index contributed by atoms with van der Waals surface area (Å²) in [4.78, 5) is 13.3. The van der Waals surface area contributed by atoms with E-state index in [1.165, 1.54) is 13.8 Å². The predicted molar refractivity (Wildman–Crippen MR) is 104 cm³/mol. The lowest BCUT2D eigenvalue weighted by Gasteiger charge is -2.10. The summed E-state index contributed by atoms with van der Waals surface area (Å²) in [7, 11) is 1.88. The summed E-state index contributed by atoms with van der Waals surface area (Å²) >= 11 is 0. The number of imidazole rings is 1. The quantitative estimate of drug-likeness (QED) is 0.732. The third-order valence-corrected chi connectivity index (χ3v) is 4.83. The van der Waals surface area contributed by atoms with Crippen LogP contribution in [0, 0.1) is 6.92 Å². The van der Waals surface area contributed by atoms with Crippen molar-refractivity contribution in [2.24, 2.45) is 7.05 Å². The van der Waals surface area contributed by atoms with Crippen molar-refractivity contribution in [2.45, 2.75) is 46.1 Å². The van der Waals surface area contributed by atoms with Crippen molar-refractivity contribution in [3.63, 3.8) is 0 Å². The van der Waals surface area contributed by atoms with Crippen LogP contribution in [0.2, 0.25) is 0 Å². The molecule has 0 spiro atoms. The number of nitrogens with zero attached hydrogens (tertiary/aromatic N) is 4. The minimum atomic E-state index is -1.46. The summed E-state index contributed by atoms with van der Waals surface area (Å²) in [6.45, 7) is 6.81. The number of alkyl halides is 1. The molecule has 2 aromatic heterocycles. The van der Waals surface area contributed by atoms with Gasteiger partial charge in [-0.25, -0.2) is 14.4 Å². The van der Waals surface area contributed by atoms with Crippen molar-refractivity contribution in [3.8, 4) is 17.3 Å². The topological polar surface area (TPSA) is 64.9 Å². The normalized spacial score (nSPS) is 13.6. The Morgan fingerprint density at radius 3 is 2.57 bits per heavy atom. The van der Waals surface area contributed by atoms with Crippen LogP contribution in [0.15, 0.2) is 30.5 Å². The first-order valence-electron chi connectivity index (χ1n) is 9.33. The first-order valence-corrected chi connectivity index (χ1v) is 9.33. The molecule has 0 radical (unpaired) electrons. The Bertz CT molecular complexity index is 1000. The third kappa shape index (κ3) is 3.62. The summed E-state index contributed by atoms with van der Waals surface area (Å²) < 4.78 is 22.0. The average molecular weight is 381 g/mol. The summed E-state index contributed by atoms with van der Waals surface area (Å²) in [5.74, 6) is 2.10. The Kier molecular flexibility index (Phi) is 4.63. The van der Waals surface area contributed by atoms with E-state index >= 15 is 0 Å². The van der Waals surface area contributed by atoms with Gasteiger partial charge in [0, 0.05) is 31.9 Å². The third-order valence-electron chi connectivity index (χ3n) is 4.83. The fraction of sp³-hybridized carbons (Fsp3) is 0.381. The van der Waals surface area contributed by atoms with Gasteiger partial charge in [0.25, 0.3) is 0 Å². The molecule has 3 heterocycles. The maximum absolute atomic E-state index is 14.2. The van der Waals surface area contributed by atoms with Gasteiger partial charge in [-0.15, -0.1) is 0 Å². The highest BCUT2D eigenvalue weighted by Crippen LogP contribution is 2.28. The second kappa shape index (κ2) is 6.98. The molecule has 146 valence electrons. The fourth-order valence-electron chi connectivity index (χ4n) is 3.30. The molecule has 0 saturated heterocycles. The van der Waals surface area contributed by atoms with Crippen LogP contribution in [0.25, 0.3) is 11.4 Å². The molecule has 0 atom stereocenters. The summed E-state index contributed by atoms with van der Waals surface area (Å²) in [5, 5.41) is 3.28. The second-order valence-corrected chi connectivity index (χ2v) is 7.62. The van der Waals surface area contributed by atoms with E-state index in [0.29, 0.717) is 24.0 Å². The number of halogens is 1. The van der Waals surface area contributed by atoms with Gasteiger partial charge in [0.1, 0.15) is 23.9 Å². The first kappa shape index (κ1) is 18.6. The van der Waals surface area contributed by atoms with E-state index in [4.69, 9.17) is 4.74 Å². The lowest BCUT2D eigenvalue weighted by Crippen LogP contribution is -2.09. The van der Waals surface area contributed by atoms with Crippen LogP contribution >= 0.6 is 0 Å². The van der Waals surface area contributed by atoms with Crippen LogP contribution in [-0.4, -0.2) is 19.5 Å². The van der Waals surface area contributed by atoms with E-state index in [1.54, 1.807) is 6.20 Å². The van der Waals surface area contributed by atoms with Gasteiger partial charge in [-0.05, 0) is 26.3 Å². The number of rotatable bonds is 5. The lowest BCUT2D eigenvalue weighted by atomic mass is 10.1. The summed E-state index contributed by atoms with van der Waals surface area (Å²) in [5.41, 5.74) is 2.98. The van der Waals surface area contributed by atoms with Crippen LogP contribution in [0.3, 0.4) is 0 Å². The Morgan fingerprint density at radius 1 is 1.14 bits per heavy atom. The van der Waals surface area contributed by atoms with Crippen LogP contribution in [0.5, 0.6) is 5.88 Å². The Morgan fingerprint density at radius 2 is 1.89 bits per heavy atom. The monoisotopic (exact) mass is 381 g/mol. The molecule has 7 heteroatoms. The minimum Gasteiger partial charge on any atom is -0.472 e. The number of benzene rings is 1. The summed E-state index contributed by atoms with van der Waals surface area (Å²) in [6, 6.07) is 7.95. The molecule has 1 aliphatic heterocycles. The number of nitrogens with one attached hydrogen (secondary N) is 1. The highest BCUT2D eigenvalue weighted by atomic mass is 19.1. The first-order chi connectivity index (χ1) is 13.3. The highest BCUT2D eigenvalue weighted by Gasteiger charge is 2.24. The van der Waals surface area contributed by atoms with Crippen molar-refractivity contribution >= 4 is 0 Å². The van der Waals surface area contributed by atoms with Gasteiger partial charge in [-0.2, -0.15) is 4.98 Å². The molecule has 0 saturated carbocycles. The highest BCUT2D eigenvalue weighted by molar-refractivity contribution is 5.56. The molecule has 1 N–H and O–H groups in total. The smallest absolute Gasteiger partial charge is 0.221 e. The number of fused-ring (bicyclic) bond motifs is 1. The van der Waals surface area contributed by atoms with E-state index in [1.807, 2.05) is 42.8 Å². The van der Waals surface area contributed by atoms with E-state index in [0.717, 1.165) is 41.3 Å². The summed E-state index contributed by atoms with van der Waals surface area (Å²) in [6.07, 6.45) is 1.73. The average Bonchev–Trinajstić information content (AvgIpc) is 3.26. The Hall–Kier alpha value is -2.80. The maximum atomic E-state index is 14.2. The van der Waals surface area contributed by atoms with Gasteiger partial charge in [-0.3, -0.25) is 0 Å². The molecule has 6 nitrogen and oxygen atoms in total. The molecular formula is C21H24FN5O. The lowest BCUT2D eigenvalue weighted by molar-refractivity contribution is 0.215. The Labute approximate surface area is 163 Å². The zero-order valence-electron chi connectivity index (χ0n) is 16.6. The fourth-order valence-corrected chi connectivity index (χ4v) is 3.30. The Balaban J connectivity index is 1.50. The van der Waals surface area contributed by atoms with Crippen LogP contribution in [0.4, 0.5) is 4.39 Å². The minimum absolute atomic E-state index is 0.423. The van der Waals surface area contributed by atoms with Crippen LogP contribution < -0.4 is 10.1 Å². The van der Waals surface area contributed by atoms with Gasteiger partial charge in [0.05, 0.1) is 17.0 Å². The number of ether oxygens (including phenoxy) is 1. The SMILES string of the molecule is Cc1nc2c(c(OCc3ccc(-c4nc(C(C)(C)F)cn4C)cc3)n1)CNC2. The molecule has 0 amide bonds. The predicted octanol–water partition coefficient (Wildman–Crippen LogP) is 3.57. The largest absolute Gasteiger partial charge is 0.472 e. The van der Waals surface area contributed by atoms with Gasteiger partial charge in [0.15, 0.2) is 0 Å². The molecule has 0 fully saturated rings. The zero-order valence-corrected chi connectivity index (χ0v) is 16.6. The van der Waals surface area contributed by atoms with Crippen LogP contribution in [-0.2, 0) is 32.4 Å². The van der Waals surface area contributed by atoms with E-state index < -0.39 is 5.67 Å². The van der Waals surface area contributed by atoms with Crippen molar-refractivity contribution in [3.05, 3.63) is 58.8 Å². The van der Waals surface area contributed by atoms with Gasteiger partial charge in [-0.1, -0.05) is 24.3 Å². The van der Waals surface area contributed by atoms with Crippen LogP contribution in [0.1, 0.15) is 42.2 Å². The van der Waals surface area contributed by atoms with Gasteiger partial charge >= 0.3 is 0 Å². The number of aromatic nitrogens is 4. The maximum Gasteiger partial charge on any atom is 0.221 e. The molecule has 28 heavy (non-hydrogen) atoms. The number of aryl methyl sites for hydroxylation is 2. The van der Waals surface area contributed by atoms with Crippen molar-refractivity contribution in [1.82, 2.24) is 24.8 Å². The molecule has 1 aromatic carbocycles. The van der Waals surface area contributed by atoms with E-state index in [-0.39, 0.29) is 0 Å². The molecular weight excluding hydrogens is 357 g/mol. The number of hydrogen-bond acceptors (Lipinski definition) is 5. The zero-order chi connectivity index (χ0) is 19.9. The number of hydrogen-bond donors (Lipinski definition) is 1. The van der Waals surface area contributed by atoms with Crippen molar-refractivity contribution < 1.29 is 9.13 Å². The van der Waals surface area contributed by atoms with Crippen molar-refractivity contribution in [2.75, 3.05) is 0 Å². The molecule has 0 bridgehead atoms. The molecule has 4 rings (SSSR count). The van der Waals surface area contributed by atoms with Crippen molar-refractivity contribution in [1.29, 1.82) is 0 Å². The van der Waals surface area contributed by atoms with E-state index in [9.17, 15) is 4.39 Å². The molecule has 0 aliphatic carbocycles. The molecule has 3 aromatic rings. The van der Waals surface area contributed by atoms with Gasteiger partial charge in [0.2, 0.25) is 5.88 Å². The molecule has 0 unspecified atom stereocenters. The molecule has 1 aliphatic rings. The van der Waals surface area contributed by atoms with E-state index in [2.05, 4.69) is 20.3 Å².